The summed E-state index contributed by atoms with van der Waals surface area (Å²) in [6.07, 6.45) is 5.40. The molecular weight excluding hydrogens is 895 g/mol. The maximum atomic E-state index is 6.36. The topological polar surface area (TPSA) is 16.4 Å². The van der Waals surface area contributed by atoms with E-state index in [0.717, 1.165) is 34.8 Å². The maximum absolute atomic E-state index is 6.36. The number of benzene rings is 10. The van der Waals surface area contributed by atoms with Crippen LogP contribution in [0.1, 0.15) is 87.7 Å². The first-order valence-electron chi connectivity index (χ1n) is 26.3. The monoisotopic (exact) mass is 947 g/mol. The molecule has 4 aliphatic rings. The maximum Gasteiger partial charge on any atom is 0.135 e. The summed E-state index contributed by atoms with van der Waals surface area (Å²) in [5.41, 5.74) is 24.7. The first-order valence-corrected chi connectivity index (χ1v) is 26.3. The zero-order valence-electron chi connectivity index (χ0n) is 41.8. The van der Waals surface area contributed by atoms with E-state index in [1.54, 1.807) is 0 Å². The van der Waals surface area contributed by atoms with Crippen molar-refractivity contribution in [3.8, 4) is 33.4 Å². The molecule has 3 unspecified atom stereocenters. The Hall–Kier alpha value is -8.72. The van der Waals surface area contributed by atoms with Crippen molar-refractivity contribution in [3.63, 3.8) is 0 Å². The van der Waals surface area contributed by atoms with Crippen LogP contribution < -0.4 is 4.90 Å². The van der Waals surface area contributed by atoms with Crippen LogP contribution in [0.5, 0.6) is 0 Å². The Morgan fingerprint density at radius 1 is 0.432 bits per heavy atom. The number of anilines is 3. The number of para-hydroxylation sites is 1. The molecule has 2 heteroatoms. The summed E-state index contributed by atoms with van der Waals surface area (Å²) in [4.78, 5) is 2.55. The quantitative estimate of drug-likeness (QED) is 0.158. The molecule has 0 bridgehead atoms. The van der Waals surface area contributed by atoms with Gasteiger partial charge in [-0.15, -0.1) is 0 Å². The molecule has 4 aliphatic carbocycles. The van der Waals surface area contributed by atoms with E-state index < -0.39 is 10.8 Å². The van der Waals surface area contributed by atoms with Gasteiger partial charge in [-0.2, -0.15) is 0 Å². The van der Waals surface area contributed by atoms with E-state index in [1.807, 2.05) is 0 Å². The Morgan fingerprint density at radius 3 is 1.73 bits per heavy atom. The minimum absolute atomic E-state index is 0.191. The lowest BCUT2D eigenvalue weighted by molar-refractivity contribution is 0.584. The van der Waals surface area contributed by atoms with Crippen molar-refractivity contribution in [1.82, 2.24) is 0 Å². The van der Waals surface area contributed by atoms with Gasteiger partial charge in [0.25, 0.3) is 0 Å². The molecule has 0 saturated heterocycles. The molecule has 1 aromatic heterocycles. The van der Waals surface area contributed by atoms with Crippen LogP contribution in [0.3, 0.4) is 0 Å². The van der Waals surface area contributed by atoms with E-state index in [4.69, 9.17) is 4.42 Å². The van der Waals surface area contributed by atoms with Gasteiger partial charge in [0.1, 0.15) is 11.3 Å². The zero-order chi connectivity index (χ0) is 49.3. The van der Waals surface area contributed by atoms with Gasteiger partial charge >= 0.3 is 0 Å². The van der Waals surface area contributed by atoms with Gasteiger partial charge in [-0.1, -0.05) is 221 Å². The van der Waals surface area contributed by atoms with E-state index in [2.05, 4.69) is 274 Å². The van der Waals surface area contributed by atoms with Crippen LogP contribution in [0.4, 0.5) is 17.1 Å². The highest BCUT2D eigenvalue weighted by molar-refractivity contribution is 5.95. The molecule has 0 aliphatic heterocycles. The Labute approximate surface area is 433 Å². The predicted octanol–water partition coefficient (Wildman–Crippen LogP) is 18.1. The Bertz CT molecular complexity index is 4100. The van der Waals surface area contributed by atoms with Gasteiger partial charge in [-0.3, -0.25) is 0 Å². The van der Waals surface area contributed by atoms with E-state index in [0.29, 0.717) is 5.92 Å². The lowest BCUT2D eigenvalue weighted by Crippen LogP contribution is -2.44. The van der Waals surface area contributed by atoms with Crippen molar-refractivity contribution < 1.29 is 4.42 Å². The molecule has 0 N–H and O–H groups in total. The third kappa shape index (κ3) is 5.77. The van der Waals surface area contributed by atoms with Crippen molar-refractivity contribution in [2.24, 2.45) is 5.92 Å². The highest BCUT2D eigenvalue weighted by Crippen LogP contribution is 2.67. The van der Waals surface area contributed by atoms with E-state index >= 15 is 0 Å². The molecule has 74 heavy (non-hydrogen) atoms. The summed E-state index contributed by atoms with van der Waals surface area (Å²) < 4.78 is 6.36. The van der Waals surface area contributed by atoms with Crippen LogP contribution in [-0.4, -0.2) is 0 Å². The molecule has 1 heterocycles. The summed E-state index contributed by atoms with van der Waals surface area (Å²) in [5, 5.41) is 1.21. The van der Waals surface area contributed by atoms with Crippen LogP contribution in [0, 0.1) is 5.92 Å². The summed E-state index contributed by atoms with van der Waals surface area (Å²) in [5.74, 6) is 1.47. The smallest absolute Gasteiger partial charge is 0.135 e. The van der Waals surface area contributed by atoms with E-state index in [1.165, 1.54) is 100.0 Å². The van der Waals surface area contributed by atoms with E-state index in [-0.39, 0.29) is 5.41 Å². The summed E-state index contributed by atoms with van der Waals surface area (Å²) >= 11 is 0. The second-order valence-electron chi connectivity index (χ2n) is 21.5. The minimum Gasteiger partial charge on any atom is -0.456 e. The third-order valence-electron chi connectivity index (χ3n) is 17.4. The van der Waals surface area contributed by atoms with E-state index in [9.17, 15) is 0 Å². The second kappa shape index (κ2) is 15.9. The predicted molar refractivity (Wildman–Crippen MR) is 305 cm³/mol. The zero-order valence-corrected chi connectivity index (χ0v) is 41.8. The number of furan rings is 1. The minimum atomic E-state index is -0.754. The van der Waals surface area contributed by atoms with Gasteiger partial charge in [0.05, 0.1) is 16.5 Å². The van der Waals surface area contributed by atoms with Crippen LogP contribution >= 0.6 is 0 Å². The van der Waals surface area contributed by atoms with Crippen LogP contribution in [0.2, 0.25) is 0 Å². The molecule has 0 amide bonds. The van der Waals surface area contributed by atoms with Crippen LogP contribution in [0.15, 0.2) is 247 Å². The van der Waals surface area contributed by atoms with Crippen molar-refractivity contribution in [2.75, 3.05) is 4.90 Å². The number of nitrogens with zero attached hydrogens (tertiary/aromatic N) is 1. The largest absolute Gasteiger partial charge is 0.456 e. The average molecular weight is 948 g/mol. The van der Waals surface area contributed by atoms with Gasteiger partial charge < -0.3 is 9.32 Å². The molecule has 0 saturated carbocycles. The Kier molecular flexibility index (Phi) is 9.21. The van der Waals surface area contributed by atoms with Gasteiger partial charge in [0.2, 0.25) is 0 Å². The first-order chi connectivity index (χ1) is 36.4. The summed E-state index contributed by atoms with van der Waals surface area (Å²) in [6, 6.07) is 89.7. The lowest BCUT2D eigenvalue weighted by Gasteiger charge is -2.50. The Morgan fingerprint density at radius 2 is 0.986 bits per heavy atom. The number of allylic oxidation sites excluding steroid dienone is 1. The van der Waals surface area contributed by atoms with Crippen molar-refractivity contribution in [3.05, 3.63) is 310 Å². The molecule has 0 spiro atoms. The number of rotatable bonds is 7. The van der Waals surface area contributed by atoms with Gasteiger partial charge in [-0.05, 0) is 150 Å². The van der Waals surface area contributed by atoms with Gasteiger partial charge in [0.15, 0.2) is 0 Å². The fraction of sp³-hybridized carbons (Fsp3) is 0.111. The number of hydrogen-bond donors (Lipinski definition) is 0. The highest BCUT2D eigenvalue weighted by Gasteiger charge is 2.58. The molecule has 15 rings (SSSR count). The SMILES string of the molecule is CC1C=Cc2oc3ccc(-c4ccc(N(c5ccc6c(c5)C(C)(C)c5ccccc5-6)c5ccccc5C5(c6ccccc6)c6ccccc6C6(c7ccccc7)c7ccccc7-c7cccc5c76)cc4)cc3c2C1. The first kappa shape index (κ1) is 42.9. The number of fused-ring (bicyclic) bond motifs is 11. The van der Waals surface area contributed by atoms with Crippen molar-refractivity contribution in [2.45, 2.75) is 43.4 Å². The van der Waals surface area contributed by atoms with Gasteiger partial charge in [-0.25, -0.2) is 0 Å². The molecule has 352 valence electrons. The average Bonchev–Trinajstić information content (AvgIpc) is 4.24. The number of hydrogen-bond acceptors (Lipinski definition) is 2. The Balaban J connectivity index is 0.999. The molecule has 0 fully saturated rings. The second-order valence-corrected chi connectivity index (χ2v) is 21.5. The molecule has 11 aromatic rings. The fourth-order valence-corrected chi connectivity index (χ4v) is 14.2. The standard InChI is InChI=1S/C72H53NO/c1-46-33-41-67-57(43-46)58-44-48(36-42-68(58)74-67)47-34-37-51(38-35-47)73(52-39-40-55-53-23-10-12-26-59(53)70(2,3)65(55)45-52)66-32-17-16-30-63(66)71(49-19-6-4-7-20-49)61-28-14-15-29-62(61)72(50-21-8-5-9-22-50)60-27-13-11-24-54(60)56-25-18-31-64(71)69(56)72/h4-42,44-46H,43H2,1-3H3. The molecule has 0 radical (unpaired) electrons. The third-order valence-corrected chi connectivity index (χ3v) is 17.4. The van der Waals surface area contributed by atoms with Crippen LogP contribution in [0.25, 0.3) is 50.4 Å². The van der Waals surface area contributed by atoms with Crippen molar-refractivity contribution in [1.29, 1.82) is 0 Å². The highest BCUT2D eigenvalue weighted by atomic mass is 16.3. The summed E-state index contributed by atoms with van der Waals surface area (Å²) in [7, 11) is 0. The summed E-state index contributed by atoms with van der Waals surface area (Å²) in [6.45, 7) is 7.05. The normalized spacial score (nSPS) is 19.0. The molecule has 3 atom stereocenters. The molecule has 10 aromatic carbocycles. The van der Waals surface area contributed by atoms with Gasteiger partial charge in [0, 0.05) is 27.7 Å². The van der Waals surface area contributed by atoms with Crippen molar-refractivity contribution >= 4 is 34.1 Å². The molecular formula is C72H53NO. The fourth-order valence-electron chi connectivity index (χ4n) is 14.2. The van der Waals surface area contributed by atoms with Crippen LogP contribution in [-0.2, 0) is 22.7 Å². The molecule has 2 nitrogen and oxygen atoms in total. The lowest BCUT2D eigenvalue weighted by atomic mass is 9.51.